The molecule has 28 heavy (non-hydrogen) atoms. The first-order chi connectivity index (χ1) is 13.5. The molecular weight excluding hydrogens is 354 g/mol. The quantitative estimate of drug-likeness (QED) is 0.714. The molecule has 0 aliphatic carbocycles. The first-order valence-corrected chi connectivity index (χ1v) is 10.5. The van der Waals surface area contributed by atoms with E-state index in [-0.39, 0.29) is 18.4 Å². The molecule has 0 bridgehead atoms. The summed E-state index contributed by atoms with van der Waals surface area (Å²) in [4.78, 5) is 26.7. The average molecular weight is 390 g/mol. The van der Waals surface area contributed by atoms with Gasteiger partial charge in [-0.15, -0.1) is 0 Å². The molecule has 0 spiro atoms. The van der Waals surface area contributed by atoms with Gasteiger partial charge < -0.3 is 15.4 Å². The number of benzene rings is 1. The number of likely N-dealkylation sites (tertiary alicyclic amines) is 1. The van der Waals surface area contributed by atoms with Crippen molar-refractivity contribution in [3.05, 3.63) is 35.4 Å². The van der Waals surface area contributed by atoms with Crippen molar-refractivity contribution in [3.63, 3.8) is 0 Å². The molecule has 1 aliphatic heterocycles. The highest BCUT2D eigenvalue weighted by Crippen LogP contribution is 2.14. The van der Waals surface area contributed by atoms with Gasteiger partial charge in [-0.1, -0.05) is 51.0 Å². The maximum atomic E-state index is 12.5. The van der Waals surface area contributed by atoms with Crippen molar-refractivity contribution in [1.29, 1.82) is 0 Å². The van der Waals surface area contributed by atoms with Crippen molar-refractivity contribution in [2.75, 3.05) is 19.7 Å². The Morgan fingerprint density at radius 2 is 1.79 bits per heavy atom. The van der Waals surface area contributed by atoms with E-state index in [1.54, 1.807) is 6.92 Å². The number of ether oxygens (including phenoxy) is 1. The first kappa shape index (κ1) is 22.2. The second kappa shape index (κ2) is 11.7. The van der Waals surface area contributed by atoms with Gasteiger partial charge in [0.1, 0.15) is 6.04 Å². The first-order valence-electron chi connectivity index (χ1n) is 10.5. The Morgan fingerprint density at radius 3 is 2.43 bits per heavy atom. The van der Waals surface area contributed by atoms with Gasteiger partial charge in [-0.3, -0.25) is 9.69 Å². The zero-order valence-corrected chi connectivity index (χ0v) is 17.5. The summed E-state index contributed by atoms with van der Waals surface area (Å²) in [5.41, 5.74) is 2.35. The third kappa shape index (κ3) is 7.50. The van der Waals surface area contributed by atoms with Crippen LogP contribution in [0, 0.1) is 5.92 Å². The predicted molar refractivity (Wildman–Crippen MR) is 111 cm³/mol. The molecule has 0 saturated carbocycles. The predicted octanol–water partition coefficient (Wildman–Crippen LogP) is 3.45. The number of rotatable bonds is 8. The number of hydrogen-bond donors (Lipinski definition) is 2. The molecule has 1 atom stereocenters. The Labute approximate surface area is 169 Å². The zero-order valence-electron chi connectivity index (χ0n) is 17.5. The number of amides is 2. The molecule has 1 aromatic carbocycles. The van der Waals surface area contributed by atoms with Crippen molar-refractivity contribution in [1.82, 2.24) is 15.5 Å². The fourth-order valence-electron chi connectivity index (χ4n) is 3.52. The fraction of sp³-hybridized carbons (Fsp3) is 0.636. The Bertz CT molecular complexity index is 625. The van der Waals surface area contributed by atoms with Crippen molar-refractivity contribution in [2.45, 2.75) is 65.6 Å². The Hall–Kier alpha value is -2.08. The van der Waals surface area contributed by atoms with E-state index in [2.05, 4.69) is 27.7 Å². The van der Waals surface area contributed by atoms with E-state index < -0.39 is 12.1 Å². The van der Waals surface area contributed by atoms with E-state index in [1.807, 2.05) is 26.0 Å². The lowest BCUT2D eigenvalue weighted by Gasteiger charge is -2.22. The molecule has 1 unspecified atom stereocenters. The minimum absolute atomic E-state index is 0.0289. The van der Waals surface area contributed by atoms with Gasteiger partial charge in [0.15, 0.2) is 0 Å². The summed E-state index contributed by atoms with van der Waals surface area (Å²) in [5, 5.41) is 5.59. The van der Waals surface area contributed by atoms with Gasteiger partial charge >= 0.3 is 6.09 Å². The fourth-order valence-corrected chi connectivity index (χ4v) is 3.52. The van der Waals surface area contributed by atoms with Crippen LogP contribution in [-0.2, 0) is 22.6 Å². The third-order valence-electron chi connectivity index (χ3n) is 5.06. The van der Waals surface area contributed by atoms with E-state index in [0.29, 0.717) is 6.54 Å². The summed E-state index contributed by atoms with van der Waals surface area (Å²) >= 11 is 0. The lowest BCUT2D eigenvalue weighted by molar-refractivity contribution is -0.124. The van der Waals surface area contributed by atoms with E-state index >= 15 is 0 Å². The molecule has 2 N–H and O–H groups in total. The van der Waals surface area contributed by atoms with Crippen LogP contribution in [0.4, 0.5) is 4.79 Å². The molecule has 6 heteroatoms. The van der Waals surface area contributed by atoms with Crippen molar-refractivity contribution < 1.29 is 14.3 Å². The molecule has 6 nitrogen and oxygen atoms in total. The van der Waals surface area contributed by atoms with Crippen LogP contribution in [0.25, 0.3) is 0 Å². The van der Waals surface area contributed by atoms with Gasteiger partial charge in [0.2, 0.25) is 5.91 Å². The van der Waals surface area contributed by atoms with Gasteiger partial charge in [0, 0.05) is 13.1 Å². The Morgan fingerprint density at radius 1 is 1.11 bits per heavy atom. The van der Waals surface area contributed by atoms with E-state index in [1.165, 1.54) is 31.2 Å². The molecule has 1 aromatic rings. The molecule has 2 amide bonds. The monoisotopic (exact) mass is 389 g/mol. The highest BCUT2D eigenvalue weighted by Gasteiger charge is 2.24. The van der Waals surface area contributed by atoms with Gasteiger partial charge in [-0.25, -0.2) is 4.79 Å². The number of hydrogen-bond acceptors (Lipinski definition) is 4. The second-order valence-electron chi connectivity index (χ2n) is 7.81. The molecule has 1 saturated heterocycles. The topological polar surface area (TPSA) is 70.7 Å². The van der Waals surface area contributed by atoms with E-state index in [4.69, 9.17) is 4.74 Å². The van der Waals surface area contributed by atoms with Crippen LogP contribution < -0.4 is 10.6 Å². The van der Waals surface area contributed by atoms with Crippen molar-refractivity contribution in [2.24, 2.45) is 5.92 Å². The summed E-state index contributed by atoms with van der Waals surface area (Å²) in [5.74, 6) is -0.222. The van der Waals surface area contributed by atoms with Crippen LogP contribution >= 0.6 is 0 Å². The van der Waals surface area contributed by atoms with Gasteiger partial charge in [-0.2, -0.15) is 0 Å². The summed E-state index contributed by atoms with van der Waals surface area (Å²) in [6.07, 6.45) is 4.66. The molecular formula is C22H35N3O3. The SMILES string of the molecule is CCOC(=O)NC(C(=O)NCc1cccc(CN2CCCCCC2)c1)C(C)C. The third-order valence-corrected chi connectivity index (χ3v) is 5.06. The highest BCUT2D eigenvalue weighted by molar-refractivity contribution is 5.85. The molecule has 1 aliphatic rings. The van der Waals surface area contributed by atoms with Gasteiger partial charge in [0.05, 0.1) is 6.61 Å². The Kier molecular flexibility index (Phi) is 9.28. The number of nitrogens with one attached hydrogen (secondary N) is 2. The maximum absolute atomic E-state index is 12.5. The van der Waals surface area contributed by atoms with Crippen LogP contribution in [-0.4, -0.2) is 42.6 Å². The van der Waals surface area contributed by atoms with Crippen LogP contribution in [0.5, 0.6) is 0 Å². The molecule has 1 fully saturated rings. The van der Waals surface area contributed by atoms with E-state index in [0.717, 1.165) is 25.2 Å². The smallest absolute Gasteiger partial charge is 0.407 e. The highest BCUT2D eigenvalue weighted by atomic mass is 16.5. The molecule has 156 valence electrons. The molecule has 0 radical (unpaired) electrons. The zero-order chi connectivity index (χ0) is 20.4. The average Bonchev–Trinajstić information content (AvgIpc) is 2.93. The van der Waals surface area contributed by atoms with Crippen molar-refractivity contribution >= 4 is 12.0 Å². The normalized spacial score (nSPS) is 16.3. The van der Waals surface area contributed by atoms with Crippen LogP contribution in [0.2, 0.25) is 0 Å². The minimum Gasteiger partial charge on any atom is -0.450 e. The summed E-state index contributed by atoms with van der Waals surface area (Å²) in [6, 6.07) is 7.77. The number of carbonyl (C=O) groups excluding carboxylic acids is 2. The second-order valence-corrected chi connectivity index (χ2v) is 7.81. The standard InChI is InChI=1S/C22H35N3O3/c1-4-28-22(27)24-20(17(2)3)21(26)23-15-18-10-9-11-19(14-18)16-25-12-7-5-6-8-13-25/h9-11,14,17,20H,4-8,12-13,15-16H2,1-3H3,(H,23,26)(H,24,27). The number of carbonyl (C=O) groups is 2. The molecule has 1 heterocycles. The van der Waals surface area contributed by atoms with Crippen LogP contribution in [0.15, 0.2) is 24.3 Å². The summed E-state index contributed by atoms with van der Waals surface area (Å²) in [6.45, 7) is 9.55. The van der Waals surface area contributed by atoms with E-state index in [9.17, 15) is 9.59 Å². The van der Waals surface area contributed by atoms with Gasteiger partial charge in [0.25, 0.3) is 0 Å². The van der Waals surface area contributed by atoms with Crippen LogP contribution in [0.1, 0.15) is 57.6 Å². The van der Waals surface area contributed by atoms with Crippen LogP contribution in [0.3, 0.4) is 0 Å². The number of alkyl carbamates (subject to hydrolysis) is 1. The van der Waals surface area contributed by atoms with Crippen molar-refractivity contribution in [3.8, 4) is 0 Å². The lowest BCUT2D eigenvalue weighted by Crippen LogP contribution is -2.49. The minimum atomic E-state index is -0.612. The summed E-state index contributed by atoms with van der Waals surface area (Å²) < 4.78 is 4.90. The maximum Gasteiger partial charge on any atom is 0.407 e. The lowest BCUT2D eigenvalue weighted by atomic mass is 10.0. The van der Waals surface area contributed by atoms with Gasteiger partial charge in [-0.05, 0) is 49.9 Å². The number of nitrogens with zero attached hydrogens (tertiary/aromatic N) is 1. The molecule has 2 rings (SSSR count). The Balaban J connectivity index is 1.89. The molecule has 0 aromatic heterocycles. The summed E-state index contributed by atoms with van der Waals surface area (Å²) in [7, 11) is 0. The largest absolute Gasteiger partial charge is 0.450 e.